The largest absolute Gasteiger partial charge is 0.476 e. The normalized spacial score (nSPS) is 11.4. The molecule has 9 heteroatoms. The summed E-state index contributed by atoms with van der Waals surface area (Å²) >= 11 is 0.670. The van der Waals surface area contributed by atoms with Gasteiger partial charge >= 0.3 is 5.97 Å². The Morgan fingerprint density at radius 3 is 2.69 bits per heavy atom. The molecule has 0 radical (unpaired) electrons. The number of carboxylic acid groups (broad SMARTS) is 1. The highest BCUT2D eigenvalue weighted by molar-refractivity contribution is 8.93. The lowest BCUT2D eigenvalue weighted by Crippen LogP contribution is -2.06. The van der Waals surface area contributed by atoms with Gasteiger partial charge in [0.25, 0.3) is 5.92 Å². The third kappa shape index (κ3) is 2.19. The van der Waals surface area contributed by atoms with Crippen LogP contribution in [0.5, 0.6) is 0 Å². The molecule has 0 fully saturated rings. The van der Waals surface area contributed by atoms with Crippen LogP contribution >= 0.6 is 28.3 Å². The Bertz CT molecular complexity index is 502. The van der Waals surface area contributed by atoms with Crippen LogP contribution in [0.3, 0.4) is 0 Å². The summed E-state index contributed by atoms with van der Waals surface area (Å²) in [6.45, 7) is 0.726. The second-order valence-electron chi connectivity index (χ2n) is 2.95. The van der Waals surface area contributed by atoms with Crippen molar-refractivity contribution >= 4 is 39.2 Å². The summed E-state index contributed by atoms with van der Waals surface area (Å²) in [7, 11) is 0. The summed E-state index contributed by atoms with van der Waals surface area (Å²) in [5.41, 5.74) is -0.209. The molecule has 88 valence electrons. The van der Waals surface area contributed by atoms with E-state index in [9.17, 15) is 13.6 Å². The van der Waals surface area contributed by atoms with E-state index in [0.717, 1.165) is 17.6 Å². The summed E-state index contributed by atoms with van der Waals surface area (Å²) < 4.78 is 26.7. The molecule has 2 aromatic heterocycles. The number of aromatic carboxylic acids is 1. The number of hydrogen-bond donors (Lipinski definition) is 1. The van der Waals surface area contributed by atoms with Gasteiger partial charge in [0.05, 0.1) is 6.20 Å². The van der Waals surface area contributed by atoms with Crippen molar-refractivity contribution in [2.45, 2.75) is 12.8 Å². The van der Waals surface area contributed by atoms with Crippen LogP contribution in [-0.2, 0) is 5.92 Å². The fourth-order valence-corrected chi connectivity index (χ4v) is 1.79. The molecule has 2 aromatic rings. The number of alkyl halides is 2. The SMILES string of the molecule is Br.CC(F)(F)c1nn2cc(C(=O)O)nc2s1. The minimum atomic E-state index is -3.03. The van der Waals surface area contributed by atoms with Crippen molar-refractivity contribution in [1.82, 2.24) is 14.6 Å². The number of fused-ring (bicyclic) bond motifs is 1. The van der Waals surface area contributed by atoms with Gasteiger partial charge in [0.1, 0.15) is 0 Å². The minimum Gasteiger partial charge on any atom is -0.476 e. The molecule has 0 saturated carbocycles. The van der Waals surface area contributed by atoms with E-state index in [2.05, 4.69) is 10.1 Å². The molecule has 1 N–H and O–H groups in total. The average molecular weight is 314 g/mol. The standard InChI is InChI=1S/C7H5F2N3O2S.BrH/c1-7(8,9)5-11-12-2-3(4(13)14)10-6(12)15-5;/h2H,1H3,(H,13,14);1H. The Morgan fingerprint density at radius 1 is 1.62 bits per heavy atom. The molecule has 0 aliphatic heterocycles. The van der Waals surface area contributed by atoms with Crippen molar-refractivity contribution in [2.24, 2.45) is 0 Å². The van der Waals surface area contributed by atoms with Gasteiger partial charge in [0, 0.05) is 6.92 Å². The molecule has 0 spiro atoms. The number of hydrogen-bond acceptors (Lipinski definition) is 4. The summed E-state index contributed by atoms with van der Waals surface area (Å²) in [5, 5.41) is 11.7. The van der Waals surface area contributed by atoms with Crippen LogP contribution < -0.4 is 0 Å². The van der Waals surface area contributed by atoms with Crippen molar-refractivity contribution in [3.05, 3.63) is 16.9 Å². The molecule has 0 aliphatic carbocycles. The van der Waals surface area contributed by atoms with E-state index in [-0.39, 0.29) is 32.6 Å². The first-order chi connectivity index (χ1) is 6.88. The molecule has 0 amide bonds. The van der Waals surface area contributed by atoms with Crippen LogP contribution in [0, 0.1) is 0 Å². The number of rotatable bonds is 2. The zero-order valence-electron chi connectivity index (χ0n) is 7.85. The second-order valence-corrected chi connectivity index (χ2v) is 3.91. The van der Waals surface area contributed by atoms with E-state index in [0.29, 0.717) is 11.3 Å². The Kier molecular flexibility index (Phi) is 3.29. The monoisotopic (exact) mass is 313 g/mol. The Hall–Kier alpha value is -1.09. The fourth-order valence-electron chi connectivity index (χ4n) is 0.981. The maximum Gasteiger partial charge on any atom is 0.356 e. The van der Waals surface area contributed by atoms with E-state index in [1.807, 2.05) is 0 Å². The zero-order valence-corrected chi connectivity index (χ0v) is 10.4. The molecular weight excluding hydrogens is 308 g/mol. The van der Waals surface area contributed by atoms with Crippen LogP contribution in [0.2, 0.25) is 0 Å². The first-order valence-electron chi connectivity index (χ1n) is 3.86. The lowest BCUT2D eigenvalue weighted by molar-refractivity contribution is 0.0163. The summed E-state index contributed by atoms with van der Waals surface area (Å²) in [4.78, 5) is 14.3. The van der Waals surface area contributed by atoms with Gasteiger partial charge in [-0.05, 0) is 0 Å². The number of imidazole rings is 1. The Balaban J connectivity index is 0.00000128. The van der Waals surface area contributed by atoms with Gasteiger partial charge in [0.2, 0.25) is 4.96 Å². The van der Waals surface area contributed by atoms with Crippen LogP contribution in [0.1, 0.15) is 22.4 Å². The third-order valence-corrected chi connectivity index (χ3v) is 2.73. The molecule has 0 aromatic carbocycles. The topological polar surface area (TPSA) is 67.5 Å². The average Bonchev–Trinajstić information content (AvgIpc) is 2.55. The Morgan fingerprint density at radius 2 is 2.25 bits per heavy atom. The number of carboxylic acids is 1. The molecular formula is C7H6BrF2N3O2S. The maximum atomic E-state index is 12.8. The fraction of sp³-hybridized carbons (Fsp3) is 0.286. The summed E-state index contributed by atoms with van der Waals surface area (Å²) in [6, 6.07) is 0. The van der Waals surface area contributed by atoms with Gasteiger partial charge in [-0.1, -0.05) is 11.3 Å². The van der Waals surface area contributed by atoms with Gasteiger partial charge in [-0.3, -0.25) is 0 Å². The Labute approximate surface area is 102 Å². The minimum absolute atomic E-state index is 0. The van der Waals surface area contributed by atoms with Crippen molar-refractivity contribution in [3.63, 3.8) is 0 Å². The van der Waals surface area contributed by atoms with Gasteiger partial charge in [0.15, 0.2) is 10.7 Å². The number of carbonyl (C=O) groups is 1. The smallest absolute Gasteiger partial charge is 0.356 e. The van der Waals surface area contributed by atoms with E-state index in [1.165, 1.54) is 0 Å². The zero-order chi connectivity index (χ0) is 11.2. The number of nitrogens with zero attached hydrogens (tertiary/aromatic N) is 3. The van der Waals surface area contributed by atoms with Gasteiger partial charge < -0.3 is 5.11 Å². The number of halogens is 3. The molecule has 5 nitrogen and oxygen atoms in total. The highest BCUT2D eigenvalue weighted by Gasteiger charge is 2.30. The van der Waals surface area contributed by atoms with Gasteiger partial charge in [-0.2, -0.15) is 13.9 Å². The quantitative estimate of drug-likeness (QED) is 0.922. The highest BCUT2D eigenvalue weighted by Crippen LogP contribution is 2.30. The lowest BCUT2D eigenvalue weighted by Gasteiger charge is -2.02. The molecule has 2 rings (SSSR count). The van der Waals surface area contributed by atoms with E-state index in [1.54, 1.807) is 0 Å². The van der Waals surface area contributed by atoms with E-state index < -0.39 is 11.9 Å². The third-order valence-electron chi connectivity index (χ3n) is 1.64. The first kappa shape index (κ1) is 13.0. The van der Waals surface area contributed by atoms with Crippen molar-refractivity contribution < 1.29 is 18.7 Å². The van der Waals surface area contributed by atoms with Crippen molar-refractivity contribution in [3.8, 4) is 0 Å². The van der Waals surface area contributed by atoms with Crippen molar-refractivity contribution in [1.29, 1.82) is 0 Å². The van der Waals surface area contributed by atoms with Crippen molar-refractivity contribution in [2.75, 3.05) is 0 Å². The summed E-state index contributed by atoms with van der Waals surface area (Å²) in [6.07, 6.45) is 1.10. The molecule has 2 heterocycles. The molecule has 0 saturated heterocycles. The second kappa shape index (κ2) is 4.06. The molecule has 0 unspecified atom stereocenters. The van der Waals surface area contributed by atoms with Crippen LogP contribution in [-0.4, -0.2) is 25.7 Å². The molecule has 16 heavy (non-hydrogen) atoms. The van der Waals surface area contributed by atoms with Crippen LogP contribution in [0.4, 0.5) is 8.78 Å². The predicted octanol–water partition coefficient (Wildman–Crippen LogP) is 2.18. The highest BCUT2D eigenvalue weighted by atomic mass is 79.9. The molecule has 0 bridgehead atoms. The predicted molar refractivity (Wildman–Crippen MR) is 57.7 cm³/mol. The van der Waals surface area contributed by atoms with E-state index >= 15 is 0 Å². The summed E-state index contributed by atoms with van der Waals surface area (Å²) in [5.74, 6) is -4.24. The first-order valence-corrected chi connectivity index (χ1v) is 4.67. The van der Waals surface area contributed by atoms with E-state index in [4.69, 9.17) is 5.11 Å². The van der Waals surface area contributed by atoms with Crippen LogP contribution in [0.15, 0.2) is 6.20 Å². The van der Waals surface area contributed by atoms with Gasteiger partial charge in [-0.15, -0.1) is 17.0 Å². The van der Waals surface area contributed by atoms with Crippen LogP contribution in [0.25, 0.3) is 4.96 Å². The molecule has 0 atom stereocenters. The van der Waals surface area contributed by atoms with Gasteiger partial charge in [-0.25, -0.2) is 14.3 Å². The lowest BCUT2D eigenvalue weighted by atomic mass is 10.4. The molecule has 0 aliphatic rings. The number of aromatic nitrogens is 3. The maximum absolute atomic E-state index is 12.8.